The molecule has 3 aromatic heterocycles. The topological polar surface area (TPSA) is 25.8 Å². The molecular formula is C38H22N2S. The fourth-order valence-corrected chi connectivity index (χ4v) is 7.80. The Bertz CT molecular complexity index is 2490. The highest BCUT2D eigenvalue weighted by atomic mass is 32.1. The Labute approximate surface area is 240 Å². The summed E-state index contributed by atoms with van der Waals surface area (Å²) in [6.07, 6.45) is 3.80. The third kappa shape index (κ3) is 3.30. The summed E-state index contributed by atoms with van der Waals surface area (Å²) < 4.78 is 2.59. The summed E-state index contributed by atoms with van der Waals surface area (Å²) in [6, 6.07) is 43.8. The van der Waals surface area contributed by atoms with E-state index in [1.807, 2.05) is 35.9 Å². The van der Waals surface area contributed by atoms with Crippen LogP contribution in [0.4, 0.5) is 0 Å². The lowest BCUT2D eigenvalue weighted by atomic mass is 9.90. The number of hydrogen-bond donors (Lipinski definition) is 0. The van der Waals surface area contributed by atoms with Crippen LogP contribution < -0.4 is 0 Å². The van der Waals surface area contributed by atoms with E-state index in [0.717, 1.165) is 21.8 Å². The van der Waals surface area contributed by atoms with Crippen LogP contribution in [0, 0.1) is 0 Å². The molecule has 0 aliphatic rings. The lowest BCUT2D eigenvalue weighted by Gasteiger charge is -2.15. The van der Waals surface area contributed by atoms with Crippen LogP contribution in [0.5, 0.6) is 0 Å². The highest BCUT2D eigenvalue weighted by Gasteiger charge is 2.19. The summed E-state index contributed by atoms with van der Waals surface area (Å²) in [5.74, 6) is 0. The molecule has 0 spiro atoms. The number of rotatable bonds is 2. The lowest BCUT2D eigenvalue weighted by Crippen LogP contribution is -1.89. The van der Waals surface area contributed by atoms with Crippen LogP contribution in [-0.2, 0) is 0 Å². The fraction of sp³-hybridized carbons (Fsp3) is 0. The van der Waals surface area contributed by atoms with E-state index >= 15 is 0 Å². The number of thiophene rings is 1. The van der Waals surface area contributed by atoms with Gasteiger partial charge in [0.2, 0.25) is 0 Å². The molecule has 0 amide bonds. The van der Waals surface area contributed by atoms with Crippen molar-refractivity contribution in [1.82, 2.24) is 9.97 Å². The molecule has 6 aromatic carbocycles. The molecule has 0 aliphatic carbocycles. The average Bonchev–Trinajstić information content (AvgIpc) is 3.43. The van der Waals surface area contributed by atoms with E-state index in [-0.39, 0.29) is 0 Å². The van der Waals surface area contributed by atoms with Crippen LogP contribution >= 0.6 is 11.3 Å². The van der Waals surface area contributed by atoms with Crippen molar-refractivity contribution in [3.05, 3.63) is 134 Å². The highest BCUT2D eigenvalue weighted by Crippen LogP contribution is 2.48. The first kappa shape index (κ1) is 22.7. The van der Waals surface area contributed by atoms with Crippen molar-refractivity contribution in [2.75, 3.05) is 0 Å². The molecule has 2 nitrogen and oxygen atoms in total. The maximum Gasteiger partial charge on any atom is 0.0786 e. The molecule has 0 radical (unpaired) electrons. The molecule has 0 bridgehead atoms. The smallest absolute Gasteiger partial charge is 0.0786 e. The molecule has 3 heterocycles. The number of aromatic nitrogens is 2. The highest BCUT2D eigenvalue weighted by molar-refractivity contribution is 7.26. The maximum absolute atomic E-state index is 4.85. The number of benzene rings is 6. The van der Waals surface area contributed by atoms with Gasteiger partial charge in [0.05, 0.1) is 11.0 Å². The van der Waals surface area contributed by atoms with Crippen molar-refractivity contribution in [2.45, 2.75) is 0 Å². The molecule has 0 N–H and O–H groups in total. The lowest BCUT2D eigenvalue weighted by molar-refractivity contribution is 1.43. The van der Waals surface area contributed by atoms with Gasteiger partial charge in [0.1, 0.15) is 0 Å². The largest absolute Gasteiger partial charge is 0.256 e. The van der Waals surface area contributed by atoms with E-state index in [9.17, 15) is 0 Å². The summed E-state index contributed by atoms with van der Waals surface area (Å²) in [4.78, 5) is 9.69. The van der Waals surface area contributed by atoms with Gasteiger partial charge < -0.3 is 0 Å². The second kappa shape index (κ2) is 8.69. The van der Waals surface area contributed by atoms with Gasteiger partial charge in [0, 0.05) is 59.7 Å². The molecule has 3 heteroatoms. The van der Waals surface area contributed by atoms with Crippen molar-refractivity contribution in [3.63, 3.8) is 0 Å². The van der Waals surface area contributed by atoms with Gasteiger partial charge in [-0.1, -0.05) is 103 Å². The van der Waals surface area contributed by atoms with Crippen molar-refractivity contribution in [3.8, 4) is 22.3 Å². The van der Waals surface area contributed by atoms with Crippen molar-refractivity contribution in [1.29, 1.82) is 0 Å². The van der Waals surface area contributed by atoms with Crippen LogP contribution in [-0.4, -0.2) is 9.97 Å². The first-order chi connectivity index (χ1) is 20.3. The standard InChI is InChI=1S/C38H22N2S/c1-2-14-32-31(11-1)35-29(27-12-3-7-23-15-17-25-9-5-21-39-36(25)33(23)27)19-20-30(38(35)41-32)28-13-4-8-24-16-18-26-10-6-22-40-37(26)34(24)28/h1-22H. The molecule has 9 rings (SSSR count). The molecule has 41 heavy (non-hydrogen) atoms. The van der Waals surface area contributed by atoms with Gasteiger partial charge in [-0.15, -0.1) is 11.3 Å². The minimum atomic E-state index is 1.05. The van der Waals surface area contributed by atoms with E-state index in [1.54, 1.807) is 0 Å². The number of nitrogens with zero attached hydrogens (tertiary/aromatic N) is 2. The third-order valence-electron chi connectivity index (χ3n) is 8.34. The van der Waals surface area contributed by atoms with Gasteiger partial charge in [-0.05, 0) is 45.7 Å². The molecule has 0 aliphatic heterocycles. The zero-order valence-corrected chi connectivity index (χ0v) is 22.8. The van der Waals surface area contributed by atoms with E-state index in [1.165, 1.54) is 64.0 Å². The summed E-state index contributed by atoms with van der Waals surface area (Å²) in [7, 11) is 0. The predicted octanol–water partition coefficient (Wildman–Crippen LogP) is 10.8. The van der Waals surface area contributed by atoms with Crippen LogP contribution in [0.15, 0.2) is 134 Å². The van der Waals surface area contributed by atoms with Crippen molar-refractivity contribution < 1.29 is 0 Å². The minimum absolute atomic E-state index is 1.05. The fourth-order valence-electron chi connectivity index (χ4n) is 6.54. The van der Waals surface area contributed by atoms with Crippen molar-refractivity contribution >= 4 is 74.9 Å². The second-order valence-electron chi connectivity index (χ2n) is 10.6. The van der Waals surface area contributed by atoms with Crippen LogP contribution in [0.1, 0.15) is 0 Å². The molecule has 0 saturated heterocycles. The number of hydrogen-bond acceptors (Lipinski definition) is 3. The molecular weight excluding hydrogens is 516 g/mol. The minimum Gasteiger partial charge on any atom is -0.256 e. The SMILES string of the molecule is c1cnc2c(c1)ccc1cccc(-c3ccc(-c4cccc5ccc6cccnc6c45)c4c3sc3ccccc34)c12. The number of pyridine rings is 2. The molecule has 0 fully saturated rings. The van der Waals surface area contributed by atoms with E-state index in [2.05, 4.69) is 109 Å². The van der Waals surface area contributed by atoms with E-state index < -0.39 is 0 Å². The Morgan fingerprint density at radius 1 is 0.390 bits per heavy atom. The molecule has 190 valence electrons. The molecule has 0 saturated carbocycles. The quantitative estimate of drug-likeness (QED) is 0.205. The third-order valence-corrected chi connectivity index (χ3v) is 9.54. The van der Waals surface area contributed by atoms with Gasteiger partial charge in [0.25, 0.3) is 0 Å². The van der Waals surface area contributed by atoms with Crippen LogP contribution in [0.3, 0.4) is 0 Å². The normalized spacial score (nSPS) is 11.9. The van der Waals surface area contributed by atoms with E-state index in [4.69, 9.17) is 9.97 Å². The monoisotopic (exact) mass is 538 g/mol. The number of fused-ring (bicyclic) bond motifs is 9. The zero-order chi connectivity index (χ0) is 26.9. The Balaban J connectivity index is 1.44. The zero-order valence-electron chi connectivity index (χ0n) is 22.0. The van der Waals surface area contributed by atoms with Gasteiger partial charge >= 0.3 is 0 Å². The maximum atomic E-state index is 4.85. The first-order valence-electron chi connectivity index (χ1n) is 13.8. The van der Waals surface area contributed by atoms with Gasteiger partial charge in [-0.25, -0.2) is 0 Å². The molecule has 9 aromatic rings. The van der Waals surface area contributed by atoms with Gasteiger partial charge in [-0.2, -0.15) is 0 Å². The molecule has 0 atom stereocenters. The van der Waals surface area contributed by atoms with Gasteiger partial charge in [-0.3, -0.25) is 9.97 Å². The predicted molar refractivity (Wildman–Crippen MR) is 176 cm³/mol. The second-order valence-corrected chi connectivity index (χ2v) is 11.6. The summed E-state index contributed by atoms with van der Waals surface area (Å²) in [5, 5.41) is 9.73. The molecule has 0 unspecified atom stereocenters. The summed E-state index contributed by atoms with van der Waals surface area (Å²) >= 11 is 1.88. The first-order valence-corrected chi connectivity index (χ1v) is 14.6. The van der Waals surface area contributed by atoms with Gasteiger partial charge in [0.15, 0.2) is 0 Å². The Morgan fingerprint density at radius 2 is 0.927 bits per heavy atom. The Morgan fingerprint density at radius 3 is 1.61 bits per heavy atom. The van der Waals surface area contributed by atoms with E-state index in [0.29, 0.717) is 0 Å². The Kier molecular flexibility index (Phi) is 4.80. The van der Waals surface area contributed by atoms with Crippen LogP contribution in [0.25, 0.3) is 85.8 Å². The summed E-state index contributed by atoms with van der Waals surface area (Å²) in [6.45, 7) is 0. The Hall–Kier alpha value is -5.12. The average molecular weight is 539 g/mol. The van der Waals surface area contributed by atoms with Crippen molar-refractivity contribution in [2.24, 2.45) is 0 Å². The summed E-state index contributed by atoms with van der Waals surface area (Å²) in [5.41, 5.74) is 7.02. The van der Waals surface area contributed by atoms with Crippen LogP contribution in [0.2, 0.25) is 0 Å².